The zero-order chi connectivity index (χ0) is 11.0. The Balaban J connectivity index is 2.46. The number of amides is 2. The number of nitrogens with two attached hydrogens (primary N) is 2. The van der Waals surface area contributed by atoms with Crippen molar-refractivity contribution in [3.63, 3.8) is 0 Å². The molecule has 80 valence electrons. The van der Waals surface area contributed by atoms with Gasteiger partial charge in [0.2, 0.25) is 5.91 Å². The van der Waals surface area contributed by atoms with Crippen LogP contribution in [-0.2, 0) is 16.0 Å². The monoisotopic (exact) mass is 226 g/mol. The zero-order valence-electron chi connectivity index (χ0n) is 7.86. The second-order valence-corrected chi connectivity index (χ2v) is 4.17. The molecular formula is C9H10N2O3S. The van der Waals surface area contributed by atoms with Gasteiger partial charge >= 0.3 is 0 Å². The zero-order valence-corrected chi connectivity index (χ0v) is 8.67. The molecule has 6 heteroatoms. The molecule has 0 aromatic carbocycles. The minimum atomic E-state index is -0.730. The predicted molar refractivity (Wildman–Crippen MR) is 54.4 cm³/mol. The van der Waals surface area contributed by atoms with Crippen molar-refractivity contribution in [2.45, 2.75) is 12.5 Å². The number of ether oxygens (including phenoxy) is 1. The third-order valence-electron chi connectivity index (χ3n) is 2.32. The van der Waals surface area contributed by atoms with Gasteiger partial charge in [-0.15, -0.1) is 11.3 Å². The van der Waals surface area contributed by atoms with E-state index in [2.05, 4.69) is 0 Å². The fraction of sp³-hybridized carbons (Fsp3) is 0.333. The molecule has 1 aromatic rings. The number of rotatable bonds is 2. The Labute approximate surface area is 90.0 Å². The summed E-state index contributed by atoms with van der Waals surface area (Å²) in [4.78, 5) is 22.9. The number of hydrogen-bond donors (Lipinski definition) is 2. The first kappa shape index (κ1) is 10.1. The van der Waals surface area contributed by atoms with E-state index in [1.54, 1.807) is 5.38 Å². The van der Waals surface area contributed by atoms with Crippen molar-refractivity contribution >= 4 is 23.2 Å². The first-order valence-electron chi connectivity index (χ1n) is 4.42. The smallest absolute Gasteiger partial charge is 0.252 e. The van der Waals surface area contributed by atoms with Crippen molar-refractivity contribution in [3.8, 4) is 0 Å². The van der Waals surface area contributed by atoms with Crippen LogP contribution in [0.5, 0.6) is 0 Å². The summed E-state index contributed by atoms with van der Waals surface area (Å²) >= 11 is 1.29. The molecule has 1 aliphatic heterocycles. The second kappa shape index (κ2) is 3.63. The largest absolute Gasteiger partial charge is 0.367 e. The summed E-state index contributed by atoms with van der Waals surface area (Å²) in [7, 11) is 0. The average molecular weight is 226 g/mol. The molecule has 0 saturated heterocycles. The van der Waals surface area contributed by atoms with E-state index in [0.29, 0.717) is 23.5 Å². The van der Waals surface area contributed by atoms with Gasteiger partial charge in [0.15, 0.2) is 6.10 Å². The number of carbonyl (C=O) groups excluding carboxylic acids is 2. The van der Waals surface area contributed by atoms with Crippen LogP contribution in [0.15, 0.2) is 5.38 Å². The normalized spacial score (nSPS) is 19.6. The molecule has 15 heavy (non-hydrogen) atoms. The predicted octanol–water partition coefficient (Wildman–Crippen LogP) is -0.0539. The van der Waals surface area contributed by atoms with Crippen LogP contribution >= 0.6 is 11.3 Å². The molecule has 1 aliphatic rings. The van der Waals surface area contributed by atoms with Crippen LogP contribution in [0.4, 0.5) is 0 Å². The summed E-state index contributed by atoms with van der Waals surface area (Å²) in [5.41, 5.74) is 11.7. The Kier molecular flexibility index (Phi) is 2.45. The summed E-state index contributed by atoms with van der Waals surface area (Å²) in [6.07, 6.45) is -0.132. The van der Waals surface area contributed by atoms with E-state index < -0.39 is 17.9 Å². The average Bonchev–Trinajstić information content (AvgIpc) is 2.59. The van der Waals surface area contributed by atoms with Crippen molar-refractivity contribution < 1.29 is 14.3 Å². The highest BCUT2D eigenvalue weighted by Crippen LogP contribution is 2.34. The second-order valence-electron chi connectivity index (χ2n) is 3.26. The molecular weight excluding hydrogens is 216 g/mol. The summed E-state index contributed by atoms with van der Waals surface area (Å²) in [5.74, 6) is -1.01. The van der Waals surface area contributed by atoms with Crippen LogP contribution in [0.2, 0.25) is 0 Å². The lowest BCUT2D eigenvalue weighted by molar-refractivity contribution is -0.130. The number of hydrogen-bond acceptors (Lipinski definition) is 4. The summed E-state index contributed by atoms with van der Waals surface area (Å²) in [6, 6.07) is 0. The Morgan fingerprint density at radius 2 is 2.20 bits per heavy atom. The lowest BCUT2D eigenvalue weighted by Crippen LogP contribution is -2.28. The standard InChI is InChI=1S/C9H10N2O3S/c10-8(12)5-3-15-7-4(5)1-2-14-6(7)9(11)13/h3,6H,1-2H2,(H2,10,12)(H2,11,13). The molecule has 5 nitrogen and oxygen atoms in total. The van der Waals surface area contributed by atoms with E-state index in [0.717, 1.165) is 5.56 Å². The number of fused-ring (bicyclic) bond motifs is 1. The van der Waals surface area contributed by atoms with Gasteiger partial charge in [0.05, 0.1) is 12.2 Å². The Hall–Kier alpha value is -1.40. The molecule has 2 rings (SSSR count). The van der Waals surface area contributed by atoms with Gasteiger partial charge in [-0.25, -0.2) is 0 Å². The molecule has 0 fully saturated rings. The van der Waals surface area contributed by atoms with Gasteiger partial charge in [0.25, 0.3) is 5.91 Å². The number of thiophene rings is 1. The van der Waals surface area contributed by atoms with Gasteiger partial charge in [-0.1, -0.05) is 0 Å². The van der Waals surface area contributed by atoms with E-state index in [4.69, 9.17) is 16.2 Å². The van der Waals surface area contributed by atoms with Crippen LogP contribution in [0.3, 0.4) is 0 Å². The topological polar surface area (TPSA) is 95.4 Å². The van der Waals surface area contributed by atoms with E-state index >= 15 is 0 Å². The summed E-state index contributed by atoms with van der Waals surface area (Å²) in [5, 5.41) is 1.65. The fourth-order valence-corrected chi connectivity index (χ4v) is 2.81. The third-order valence-corrected chi connectivity index (χ3v) is 3.39. The minimum Gasteiger partial charge on any atom is -0.367 e. The molecule has 1 atom stereocenters. The van der Waals surface area contributed by atoms with E-state index in [1.807, 2.05) is 0 Å². The molecule has 0 aliphatic carbocycles. The van der Waals surface area contributed by atoms with Gasteiger partial charge in [0, 0.05) is 10.3 Å². The van der Waals surface area contributed by atoms with Crippen LogP contribution in [0.1, 0.15) is 26.9 Å². The van der Waals surface area contributed by atoms with Crippen molar-refractivity contribution in [2.75, 3.05) is 6.61 Å². The van der Waals surface area contributed by atoms with Crippen LogP contribution in [-0.4, -0.2) is 18.4 Å². The van der Waals surface area contributed by atoms with Gasteiger partial charge in [-0.2, -0.15) is 0 Å². The lowest BCUT2D eigenvalue weighted by atomic mass is 10.0. The lowest BCUT2D eigenvalue weighted by Gasteiger charge is -2.20. The molecule has 2 amide bonds. The summed E-state index contributed by atoms with van der Waals surface area (Å²) < 4.78 is 5.24. The highest BCUT2D eigenvalue weighted by molar-refractivity contribution is 7.10. The van der Waals surface area contributed by atoms with Crippen LogP contribution in [0.25, 0.3) is 0 Å². The van der Waals surface area contributed by atoms with E-state index in [-0.39, 0.29) is 0 Å². The van der Waals surface area contributed by atoms with E-state index in [1.165, 1.54) is 11.3 Å². The van der Waals surface area contributed by atoms with Gasteiger partial charge in [-0.05, 0) is 12.0 Å². The molecule has 1 aromatic heterocycles. The molecule has 2 heterocycles. The first-order chi connectivity index (χ1) is 7.11. The highest BCUT2D eigenvalue weighted by atomic mass is 32.1. The van der Waals surface area contributed by atoms with Gasteiger partial charge in [-0.3, -0.25) is 9.59 Å². The third kappa shape index (κ3) is 1.62. The highest BCUT2D eigenvalue weighted by Gasteiger charge is 2.30. The summed E-state index contributed by atoms with van der Waals surface area (Å²) in [6.45, 7) is 0.387. The van der Waals surface area contributed by atoms with Gasteiger partial charge in [0.1, 0.15) is 0 Å². The molecule has 1 unspecified atom stereocenters. The van der Waals surface area contributed by atoms with Crippen LogP contribution < -0.4 is 11.5 Å². The van der Waals surface area contributed by atoms with Crippen molar-refractivity contribution in [3.05, 3.63) is 21.4 Å². The number of primary amides is 2. The SMILES string of the molecule is NC(=O)c1csc2c1CCOC2C(N)=O. The van der Waals surface area contributed by atoms with E-state index in [9.17, 15) is 9.59 Å². The maximum absolute atomic E-state index is 11.1. The first-order valence-corrected chi connectivity index (χ1v) is 5.30. The minimum absolute atomic E-state index is 0.387. The van der Waals surface area contributed by atoms with Crippen molar-refractivity contribution in [1.29, 1.82) is 0 Å². The maximum atomic E-state index is 11.1. The number of carbonyl (C=O) groups is 2. The molecule has 4 N–H and O–H groups in total. The quantitative estimate of drug-likeness (QED) is 0.739. The fourth-order valence-electron chi connectivity index (χ4n) is 1.65. The van der Waals surface area contributed by atoms with Crippen molar-refractivity contribution in [2.24, 2.45) is 11.5 Å². The van der Waals surface area contributed by atoms with Crippen LogP contribution in [0, 0.1) is 0 Å². The molecule has 0 radical (unpaired) electrons. The maximum Gasteiger partial charge on any atom is 0.252 e. The van der Waals surface area contributed by atoms with Gasteiger partial charge < -0.3 is 16.2 Å². The molecule has 0 saturated carbocycles. The van der Waals surface area contributed by atoms with Crippen molar-refractivity contribution in [1.82, 2.24) is 0 Å². The molecule has 0 spiro atoms. The Bertz CT molecular complexity index is 427. The Morgan fingerprint density at radius 1 is 1.47 bits per heavy atom. The Morgan fingerprint density at radius 3 is 2.80 bits per heavy atom. The molecule has 0 bridgehead atoms.